The lowest BCUT2D eigenvalue weighted by molar-refractivity contribution is -0.209. The molecule has 4 amide bonds. The molecule has 0 spiro atoms. The summed E-state index contributed by atoms with van der Waals surface area (Å²) in [6.07, 6.45) is 0.520. The predicted molar refractivity (Wildman–Crippen MR) is 343 cm³/mol. The van der Waals surface area contributed by atoms with Gasteiger partial charge >= 0.3 is 18.2 Å². The number of amides is 4. The maximum absolute atomic E-state index is 14.7. The number of Topliss-reactive ketones (excluding diaryl/α,β-unsaturated/α-hetero) is 2. The van der Waals surface area contributed by atoms with Gasteiger partial charge in [-0.3, -0.25) is 24.2 Å². The number of pyridine rings is 1. The van der Waals surface area contributed by atoms with Gasteiger partial charge in [-0.25, -0.2) is 9.59 Å². The quantitative estimate of drug-likeness (QED) is 0.0217. The predicted octanol–water partition coefficient (Wildman–Crippen LogP) is 10.7. The number of allylic oxidation sites excluding steroid dienone is 3. The molecule has 25 heteroatoms. The summed E-state index contributed by atoms with van der Waals surface area (Å²) in [5, 5.41) is 53.0. The van der Waals surface area contributed by atoms with Crippen LogP contribution in [0.5, 0.6) is 11.5 Å². The summed E-state index contributed by atoms with van der Waals surface area (Å²) in [5.74, 6) is -8.63. The second-order valence-corrected chi connectivity index (χ2v) is 26.5. The topological polar surface area (TPSA) is 282 Å². The number of halogens is 4. The molecule has 2 aliphatic heterocycles. The number of aromatic nitrogens is 1. The molecule has 2 aromatic carbocycles. The van der Waals surface area contributed by atoms with E-state index in [1.807, 2.05) is 26.0 Å². The number of aliphatic hydroxyl groups excluding tert-OH is 2. The van der Waals surface area contributed by atoms with Crippen molar-refractivity contribution in [1.29, 1.82) is 0 Å². The molecule has 0 radical (unpaired) electrons. The molecule has 13 atom stereocenters. The maximum atomic E-state index is 14.7. The summed E-state index contributed by atoms with van der Waals surface area (Å²) in [6.45, 7) is 11.1. The fraction of sp³-hybridized carbons (Fsp3) is 0.597. The number of urea groups is 1. The van der Waals surface area contributed by atoms with Crippen molar-refractivity contribution in [3.63, 3.8) is 0 Å². The van der Waals surface area contributed by atoms with Crippen molar-refractivity contribution in [3.05, 3.63) is 100 Å². The molecule has 0 bridgehead atoms. The lowest BCUT2D eigenvalue weighted by Crippen LogP contribution is -2.58. The Balaban J connectivity index is 1.12. The highest BCUT2D eigenvalue weighted by Crippen LogP contribution is 2.38. The molecular formula is C67H91ClF3N5O15S. The van der Waals surface area contributed by atoms with E-state index in [1.54, 1.807) is 50.9 Å². The van der Waals surface area contributed by atoms with Crippen molar-refractivity contribution in [3.8, 4) is 11.5 Å². The molecule has 2 fully saturated rings. The van der Waals surface area contributed by atoms with Gasteiger partial charge in [-0.15, -0.1) is 0 Å². The average Bonchev–Trinajstić information content (AvgIpc) is 0.871. The summed E-state index contributed by atoms with van der Waals surface area (Å²) in [7, 11) is 4.60. The number of hydrogen-bond donors (Lipinski definition) is 7. The Labute approximate surface area is 546 Å². The summed E-state index contributed by atoms with van der Waals surface area (Å²) in [5.41, 5.74) is 0.723. The highest BCUT2D eigenvalue weighted by atomic mass is 35.5. The molecule has 1 aromatic heterocycles. The normalized spacial score (nSPS) is 28.4. The minimum atomic E-state index is -4.71. The third-order valence-electron chi connectivity index (χ3n) is 17.8. The Kier molecular flexibility index (Phi) is 28.5. The van der Waals surface area contributed by atoms with Crippen LogP contribution in [0, 0.1) is 35.5 Å². The van der Waals surface area contributed by atoms with E-state index < -0.39 is 106 Å². The van der Waals surface area contributed by atoms with E-state index in [0.29, 0.717) is 98.6 Å². The molecule has 3 aliphatic rings. The molecule has 1 saturated carbocycles. The molecule has 0 unspecified atom stereocenters. The van der Waals surface area contributed by atoms with Gasteiger partial charge in [-0.05, 0) is 156 Å². The second kappa shape index (κ2) is 35.0. The van der Waals surface area contributed by atoms with Gasteiger partial charge in [-0.2, -0.15) is 24.9 Å². The Hall–Kier alpha value is -5.96. The van der Waals surface area contributed by atoms with Gasteiger partial charge < -0.3 is 65.0 Å². The highest BCUT2D eigenvalue weighted by Gasteiger charge is 2.49. The third-order valence-corrected chi connectivity index (χ3v) is 19.2. The van der Waals surface area contributed by atoms with E-state index in [-0.39, 0.29) is 66.8 Å². The number of carbonyl (C=O) groups excluding carboxylic acids is 6. The lowest BCUT2D eigenvalue weighted by Gasteiger charge is -2.38. The Morgan fingerprint density at radius 3 is 2.18 bits per heavy atom. The Bertz CT molecular complexity index is 3050. The third kappa shape index (κ3) is 21.3. The van der Waals surface area contributed by atoms with Crippen LogP contribution in [-0.4, -0.2) is 160 Å². The maximum Gasteiger partial charge on any atom is 0.417 e. The van der Waals surface area contributed by atoms with Gasteiger partial charge in [0.25, 0.3) is 17.6 Å². The van der Waals surface area contributed by atoms with Crippen LogP contribution in [0.1, 0.15) is 135 Å². The number of piperidine rings is 1. The van der Waals surface area contributed by atoms with E-state index in [0.717, 1.165) is 22.6 Å². The zero-order chi connectivity index (χ0) is 67.6. The minimum Gasteiger partial charge on any atom is -0.457 e. The number of nitrogens with zero attached hydrogens (tertiary/aromatic N) is 2. The number of esters is 1. The van der Waals surface area contributed by atoms with Gasteiger partial charge in [0.05, 0.1) is 41.1 Å². The number of hydrogen-bond acceptors (Lipinski definition) is 17. The monoisotopic (exact) mass is 1330 g/mol. The molecule has 20 nitrogen and oxygen atoms in total. The largest absolute Gasteiger partial charge is 0.457 e. The van der Waals surface area contributed by atoms with Crippen LogP contribution in [0.2, 0.25) is 5.02 Å². The van der Waals surface area contributed by atoms with Gasteiger partial charge in [0, 0.05) is 93.9 Å². The van der Waals surface area contributed by atoms with Gasteiger partial charge in [-0.1, -0.05) is 57.0 Å². The fourth-order valence-corrected chi connectivity index (χ4v) is 13.4. The standard InChI is InChI=1S/C67H91ClF3N5O15S/c1-38-29-39(2)31-57(87-7)43(6)58(88-8)33-41(4)66(85,86)61(80)63(82)76-26-11-10-14-53(76)64(83)91-60(40(3)32-44-15-22-54(77)59(34-44)89-9)42(5)55(78)37-56(79)45(30-38)13-12-27-92-28-25-73-62(81)52-36-49(23-24-72-52)90-48-19-16-46(17-20-48)74-65(84)75-47-18-21-51(68)50(35-47)67(69,70)71/h16-21,23-24,30,32,35-36,39,41-45,53-55,57-60,77-78,85-86H,10-15,22,25-29,31,33-34,37H2,1-9H3,(H,73,81)(H2,74,75,84)/b38-30+,40-32+/t39-,41+,42+,43+,44-,45+,53-,54+,55-,57-,58-,59+,60+/m0/s1. The first kappa shape index (κ1) is 75.1. The van der Waals surface area contributed by atoms with Gasteiger partial charge in [0.15, 0.2) is 0 Å². The summed E-state index contributed by atoms with van der Waals surface area (Å²) < 4.78 is 69.7. The summed E-state index contributed by atoms with van der Waals surface area (Å²) in [6, 6.07) is 10.1. The zero-order valence-corrected chi connectivity index (χ0v) is 55.4. The number of benzene rings is 2. The minimum absolute atomic E-state index is 0.0237. The van der Waals surface area contributed by atoms with E-state index in [9.17, 15) is 62.4 Å². The number of nitrogens with one attached hydrogen (secondary N) is 3. The van der Waals surface area contributed by atoms with Crippen LogP contribution in [0.15, 0.2) is 84.1 Å². The average molecular weight is 1330 g/mol. The number of ether oxygens (including phenoxy) is 5. The number of aliphatic hydroxyl groups is 4. The summed E-state index contributed by atoms with van der Waals surface area (Å²) in [4.78, 5) is 88.4. The highest BCUT2D eigenvalue weighted by molar-refractivity contribution is 7.99. The molecule has 1 saturated heterocycles. The van der Waals surface area contributed by atoms with Crippen LogP contribution >= 0.6 is 23.4 Å². The van der Waals surface area contributed by atoms with Crippen LogP contribution in [0.4, 0.5) is 29.3 Å². The van der Waals surface area contributed by atoms with Gasteiger partial charge in [0.2, 0.25) is 5.79 Å². The van der Waals surface area contributed by atoms with Crippen molar-refractivity contribution in [2.45, 2.75) is 173 Å². The molecule has 3 aromatic rings. The second-order valence-electron chi connectivity index (χ2n) is 24.8. The first-order valence-electron chi connectivity index (χ1n) is 31.4. The smallest absolute Gasteiger partial charge is 0.417 e. The number of fused-ring (bicyclic) bond motifs is 1. The number of anilines is 2. The van der Waals surface area contributed by atoms with Crippen LogP contribution in [0.25, 0.3) is 0 Å². The van der Waals surface area contributed by atoms with Crippen LogP contribution in [0.3, 0.4) is 0 Å². The number of alkyl halides is 3. The van der Waals surface area contributed by atoms with E-state index in [4.69, 9.17) is 35.3 Å². The molecular weight excluding hydrogens is 1240 g/mol. The van der Waals surface area contributed by atoms with Crippen molar-refractivity contribution in [2.75, 3.05) is 56.6 Å². The molecule has 508 valence electrons. The van der Waals surface area contributed by atoms with E-state index in [1.165, 1.54) is 51.6 Å². The lowest BCUT2D eigenvalue weighted by atomic mass is 9.81. The summed E-state index contributed by atoms with van der Waals surface area (Å²) >= 11 is 7.27. The molecule has 3 heterocycles. The number of cyclic esters (lactones) is 1. The first-order chi connectivity index (χ1) is 43.5. The Morgan fingerprint density at radius 2 is 1.50 bits per heavy atom. The van der Waals surface area contributed by atoms with E-state index in [2.05, 4.69) is 27.9 Å². The number of rotatable bonds is 17. The van der Waals surface area contributed by atoms with Crippen LogP contribution in [-0.2, 0) is 44.3 Å². The fourth-order valence-electron chi connectivity index (χ4n) is 12.4. The van der Waals surface area contributed by atoms with Crippen molar-refractivity contribution in [2.24, 2.45) is 35.5 Å². The van der Waals surface area contributed by atoms with Crippen molar-refractivity contribution in [1.82, 2.24) is 15.2 Å². The number of thioether (sulfide) groups is 1. The first-order valence-corrected chi connectivity index (χ1v) is 33.0. The zero-order valence-electron chi connectivity index (χ0n) is 53.8. The SMILES string of the molecule is CO[C@H]1C[C@@H](C)C/C(C)=C/[C@@H](CCCSCCNC(=O)c2cc(Oc3ccc(NC(=O)Nc4ccc(Cl)c(C(F)(F)F)c4)cc3)ccn2)C(=O)C[C@H](O)[C@@H](C)[C@@H](/C(C)=C/[C@@H]2CC[C@@H](O)[C@H](OC)C2)OC(=O)[C@@H]2CCCCN2C(=O)C(=O)C(O)(O)[C@H](C)C[C@H](OC)[C@@H]1C. The Morgan fingerprint density at radius 1 is 0.826 bits per heavy atom. The van der Waals surface area contributed by atoms with Crippen molar-refractivity contribution < 1.29 is 86.0 Å². The van der Waals surface area contributed by atoms with Crippen molar-refractivity contribution >= 4 is 70.1 Å². The molecule has 7 N–H and O–H groups in total. The number of methoxy groups -OCH3 is 3. The molecule has 92 heavy (non-hydrogen) atoms. The molecule has 6 rings (SSSR count). The number of carbonyl (C=O) groups is 6. The van der Waals surface area contributed by atoms with E-state index >= 15 is 0 Å². The van der Waals surface area contributed by atoms with Gasteiger partial charge in [0.1, 0.15) is 35.1 Å². The molecule has 1 aliphatic carbocycles. The number of ketones is 2. The van der Waals surface area contributed by atoms with Crippen LogP contribution < -0.4 is 20.7 Å².